The highest BCUT2D eigenvalue weighted by molar-refractivity contribution is 6.30. The molecule has 32 heavy (non-hydrogen) atoms. The van der Waals surface area contributed by atoms with Crippen LogP contribution in [0.1, 0.15) is 56.1 Å². The van der Waals surface area contributed by atoms with Crippen LogP contribution < -0.4 is 5.32 Å². The molecule has 2 aromatic rings. The number of phenolic OH excluding ortho intramolecular Hbond substituents is 1. The quantitative estimate of drug-likeness (QED) is 0.598. The van der Waals surface area contributed by atoms with Gasteiger partial charge in [0.2, 0.25) is 0 Å². The highest BCUT2D eigenvalue weighted by Crippen LogP contribution is 2.46. The van der Waals surface area contributed by atoms with E-state index in [9.17, 15) is 14.7 Å². The van der Waals surface area contributed by atoms with E-state index in [0.29, 0.717) is 47.7 Å². The minimum atomic E-state index is -0.533. The second-order valence-corrected chi connectivity index (χ2v) is 8.73. The first kappa shape index (κ1) is 22.2. The number of ketones is 1. The molecule has 1 aliphatic heterocycles. The third-order valence-electron chi connectivity index (χ3n) is 6.05. The third kappa shape index (κ3) is 4.30. The smallest absolute Gasteiger partial charge is 0.336 e. The molecular weight excluding hydrogens is 426 g/mol. The van der Waals surface area contributed by atoms with Crippen molar-refractivity contribution in [2.75, 3.05) is 6.61 Å². The standard InChI is InChI=1S/C26H26ClNO4/c1-3-12-32-26(31)23-15(2)28-21-13-18(16-4-8-19(27)9-5-16)14-22(30)25(21)24(23)17-6-10-20(29)11-7-17/h4-11,18,24,28-29H,3,12-14H2,1-2H3/t18-,24-/m0/s1. The summed E-state index contributed by atoms with van der Waals surface area (Å²) in [5.74, 6) is -0.785. The molecule has 1 heterocycles. The lowest BCUT2D eigenvalue weighted by molar-refractivity contribution is -0.139. The van der Waals surface area contributed by atoms with Crippen LogP contribution in [0.15, 0.2) is 71.1 Å². The fourth-order valence-electron chi connectivity index (χ4n) is 4.55. The van der Waals surface area contributed by atoms with Crippen LogP contribution in [-0.4, -0.2) is 23.5 Å². The van der Waals surface area contributed by atoms with E-state index in [0.717, 1.165) is 16.8 Å². The van der Waals surface area contributed by atoms with Crippen LogP contribution in [0.4, 0.5) is 0 Å². The lowest BCUT2D eigenvalue weighted by Gasteiger charge is -2.36. The minimum absolute atomic E-state index is 0.00469. The number of nitrogens with one attached hydrogen (secondary N) is 1. The van der Waals surface area contributed by atoms with Gasteiger partial charge in [0.15, 0.2) is 5.78 Å². The van der Waals surface area contributed by atoms with Gasteiger partial charge in [-0.25, -0.2) is 4.79 Å². The zero-order valence-electron chi connectivity index (χ0n) is 18.2. The van der Waals surface area contributed by atoms with Crippen LogP contribution in [0.3, 0.4) is 0 Å². The van der Waals surface area contributed by atoms with Gasteiger partial charge in [0.1, 0.15) is 5.75 Å². The molecule has 1 aliphatic carbocycles. The zero-order chi connectivity index (χ0) is 22.8. The van der Waals surface area contributed by atoms with Gasteiger partial charge in [-0.1, -0.05) is 42.8 Å². The molecule has 0 unspecified atom stereocenters. The summed E-state index contributed by atoms with van der Waals surface area (Å²) in [6.45, 7) is 4.10. The Morgan fingerprint density at radius 1 is 1.09 bits per heavy atom. The first-order valence-electron chi connectivity index (χ1n) is 10.8. The number of allylic oxidation sites excluding steroid dienone is 3. The maximum Gasteiger partial charge on any atom is 0.336 e. The lowest BCUT2D eigenvalue weighted by Crippen LogP contribution is -2.36. The van der Waals surface area contributed by atoms with E-state index >= 15 is 0 Å². The molecular formula is C26H26ClNO4. The Morgan fingerprint density at radius 3 is 2.41 bits per heavy atom. The van der Waals surface area contributed by atoms with E-state index in [2.05, 4.69) is 5.32 Å². The number of rotatable bonds is 5. The molecule has 2 atom stereocenters. The Morgan fingerprint density at radius 2 is 1.75 bits per heavy atom. The van der Waals surface area contributed by atoms with Crippen molar-refractivity contribution in [3.05, 3.63) is 87.2 Å². The second kappa shape index (κ2) is 9.21. The van der Waals surface area contributed by atoms with Crippen LogP contribution in [0.25, 0.3) is 0 Å². The summed E-state index contributed by atoms with van der Waals surface area (Å²) < 4.78 is 5.46. The van der Waals surface area contributed by atoms with Gasteiger partial charge in [0.25, 0.3) is 0 Å². The molecule has 2 N–H and O–H groups in total. The first-order chi connectivity index (χ1) is 15.4. The molecule has 0 bridgehead atoms. The zero-order valence-corrected chi connectivity index (χ0v) is 18.9. The first-order valence-corrected chi connectivity index (χ1v) is 11.2. The number of aromatic hydroxyl groups is 1. The molecule has 0 amide bonds. The van der Waals surface area contributed by atoms with Gasteiger partial charge in [-0.05, 0) is 61.1 Å². The molecule has 0 saturated heterocycles. The number of halogens is 1. The molecule has 0 aromatic heterocycles. The number of benzene rings is 2. The highest BCUT2D eigenvalue weighted by Gasteiger charge is 2.41. The molecule has 0 saturated carbocycles. The van der Waals surface area contributed by atoms with E-state index in [1.54, 1.807) is 24.3 Å². The topological polar surface area (TPSA) is 75.6 Å². The maximum absolute atomic E-state index is 13.5. The van der Waals surface area contributed by atoms with Crippen molar-refractivity contribution in [2.24, 2.45) is 0 Å². The number of carbonyl (C=O) groups is 2. The average Bonchev–Trinajstić information content (AvgIpc) is 2.77. The van der Waals surface area contributed by atoms with Crippen LogP contribution >= 0.6 is 11.6 Å². The van der Waals surface area contributed by atoms with E-state index in [1.807, 2.05) is 38.1 Å². The van der Waals surface area contributed by atoms with Crippen molar-refractivity contribution < 1.29 is 19.4 Å². The van der Waals surface area contributed by atoms with Gasteiger partial charge >= 0.3 is 5.97 Å². The molecule has 5 nitrogen and oxygen atoms in total. The van der Waals surface area contributed by atoms with Crippen LogP contribution in [0.2, 0.25) is 5.02 Å². The second-order valence-electron chi connectivity index (χ2n) is 8.30. The summed E-state index contributed by atoms with van der Waals surface area (Å²) >= 11 is 6.03. The number of dihydropyridines is 1. The van der Waals surface area contributed by atoms with Gasteiger partial charge in [0, 0.05) is 34.3 Å². The number of carbonyl (C=O) groups excluding carboxylic acids is 2. The lowest BCUT2D eigenvalue weighted by atomic mass is 9.72. The summed E-state index contributed by atoms with van der Waals surface area (Å²) in [7, 11) is 0. The maximum atomic E-state index is 13.5. The van der Waals surface area contributed by atoms with E-state index < -0.39 is 11.9 Å². The summed E-state index contributed by atoms with van der Waals surface area (Å²) in [4.78, 5) is 26.5. The van der Waals surface area contributed by atoms with Gasteiger partial charge in [0.05, 0.1) is 12.2 Å². The number of esters is 1. The normalized spacial score (nSPS) is 20.7. The predicted octanol–water partition coefficient (Wildman–Crippen LogP) is 5.36. The van der Waals surface area contributed by atoms with Crippen molar-refractivity contribution >= 4 is 23.4 Å². The minimum Gasteiger partial charge on any atom is -0.508 e. The van der Waals surface area contributed by atoms with Crippen molar-refractivity contribution in [1.29, 1.82) is 0 Å². The molecule has 4 rings (SSSR count). The summed E-state index contributed by atoms with van der Waals surface area (Å²) in [5, 5.41) is 13.8. The Bertz CT molecular complexity index is 1100. The largest absolute Gasteiger partial charge is 0.508 e. The number of hydrogen-bond acceptors (Lipinski definition) is 5. The van der Waals surface area contributed by atoms with E-state index in [1.165, 1.54) is 0 Å². The SMILES string of the molecule is CCCOC(=O)C1=C(C)NC2=C(C(=O)C[C@@H](c3ccc(Cl)cc3)C2)[C@H]1c1ccc(O)cc1. The predicted molar refractivity (Wildman–Crippen MR) is 123 cm³/mol. The van der Waals surface area contributed by atoms with Crippen molar-refractivity contribution in [1.82, 2.24) is 5.32 Å². The number of ether oxygens (including phenoxy) is 1. The van der Waals surface area contributed by atoms with Crippen LogP contribution in [0.5, 0.6) is 5.75 Å². The summed E-state index contributed by atoms with van der Waals surface area (Å²) in [5.41, 5.74) is 4.41. The molecule has 0 radical (unpaired) electrons. The fraction of sp³-hybridized carbons (Fsp3) is 0.308. The van der Waals surface area contributed by atoms with Crippen molar-refractivity contribution in [3.63, 3.8) is 0 Å². The fourth-order valence-corrected chi connectivity index (χ4v) is 4.68. The highest BCUT2D eigenvalue weighted by atomic mass is 35.5. The molecule has 0 fully saturated rings. The number of phenols is 1. The Kier molecular flexibility index (Phi) is 6.38. The third-order valence-corrected chi connectivity index (χ3v) is 6.30. The Hall–Kier alpha value is -3.05. The Labute approximate surface area is 192 Å². The van der Waals surface area contributed by atoms with Gasteiger partial charge < -0.3 is 15.2 Å². The van der Waals surface area contributed by atoms with Crippen molar-refractivity contribution in [2.45, 2.75) is 44.9 Å². The van der Waals surface area contributed by atoms with E-state index in [-0.39, 0.29) is 17.5 Å². The molecule has 2 aromatic carbocycles. The molecule has 2 aliphatic rings. The monoisotopic (exact) mass is 451 g/mol. The van der Waals surface area contributed by atoms with Gasteiger partial charge in [-0.3, -0.25) is 4.79 Å². The molecule has 6 heteroatoms. The summed E-state index contributed by atoms with van der Waals surface area (Å²) in [6, 6.07) is 14.3. The number of Topliss-reactive ketones (excluding diaryl/α,β-unsaturated/α-hetero) is 1. The molecule has 166 valence electrons. The van der Waals surface area contributed by atoms with E-state index in [4.69, 9.17) is 16.3 Å². The van der Waals surface area contributed by atoms with Crippen LogP contribution in [-0.2, 0) is 14.3 Å². The Balaban J connectivity index is 1.76. The average molecular weight is 452 g/mol. The molecule has 0 spiro atoms. The van der Waals surface area contributed by atoms with Crippen molar-refractivity contribution in [3.8, 4) is 5.75 Å². The van der Waals surface area contributed by atoms with Gasteiger partial charge in [-0.2, -0.15) is 0 Å². The van der Waals surface area contributed by atoms with Crippen LogP contribution in [0, 0.1) is 0 Å². The number of hydrogen-bond donors (Lipinski definition) is 2. The van der Waals surface area contributed by atoms with Gasteiger partial charge in [-0.15, -0.1) is 0 Å². The summed E-state index contributed by atoms with van der Waals surface area (Å²) in [6.07, 6.45) is 1.73.